The van der Waals surface area contributed by atoms with E-state index in [1.807, 2.05) is 67.6 Å². The first kappa shape index (κ1) is 20.0. The van der Waals surface area contributed by atoms with Gasteiger partial charge < -0.3 is 9.15 Å². The van der Waals surface area contributed by atoms with Crippen LogP contribution in [0.2, 0.25) is 0 Å². The van der Waals surface area contributed by atoms with E-state index in [-0.39, 0.29) is 17.4 Å². The third-order valence-corrected chi connectivity index (χ3v) is 4.77. The zero-order chi connectivity index (χ0) is 21.6. The van der Waals surface area contributed by atoms with E-state index >= 15 is 0 Å². The number of nitrogens with zero attached hydrogens (tertiary/aromatic N) is 1. The molecular weight excluding hydrogens is 388 g/mol. The van der Waals surface area contributed by atoms with Crippen molar-refractivity contribution in [1.82, 2.24) is 0 Å². The maximum atomic E-state index is 12.8. The molecule has 31 heavy (non-hydrogen) atoms. The Kier molecular flexibility index (Phi) is 5.82. The van der Waals surface area contributed by atoms with Gasteiger partial charge in [-0.15, -0.1) is 0 Å². The molecule has 5 nitrogen and oxygen atoms in total. The summed E-state index contributed by atoms with van der Waals surface area (Å²) < 4.78 is 11.5. The molecule has 0 radical (unpaired) electrons. The molecule has 1 aromatic heterocycles. The van der Waals surface area contributed by atoms with E-state index in [1.54, 1.807) is 24.3 Å². The zero-order valence-corrected chi connectivity index (χ0v) is 17.0. The number of anilines is 1. The third kappa shape index (κ3) is 4.19. The predicted molar refractivity (Wildman–Crippen MR) is 120 cm³/mol. The second-order valence-corrected chi connectivity index (χ2v) is 6.77. The molecule has 3 aromatic carbocycles. The summed E-state index contributed by atoms with van der Waals surface area (Å²) in [7, 11) is 0. The van der Waals surface area contributed by atoms with E-state index in [1.165, 1.54) is 0 Å². The van der Waals surface area contributed by atoms with Crippen LogP contribution in [0, 0.1) is 11.3 Å². The fourth-order valence-electron chi connectivity index (χ4n) is 3.34. The van der Waals surface area contributed by atoms with Crippen LogP contribution in [0.1, 0.15) is 22.8 Å². The second-order valence-electron chi connectivity index (χ2n) is 6.77. The molecular formula is C26H20N2O3. The summed E-state index contributed by atoms with van der Waals surface area (Å²) in [4.78, 5) is 12.8. The van der Waals surface area contributed by atoms with Crippen LogP contribution in [0.3, 0.4) is 0 Å². The summed E-state index contributed by atoms with van der Waals surface area (Å²) in [5.74, 6) is 0.976. The Labute approximate surface area is 180 Å². The van der Waals surface area contributed by atoms with Gasteiger partial charge >= 0.3 is 0 Å². The van der Waals surface area contributed by atoms with Gasteiger partial charge in [-0.1, -0.05) is 60.7 Å². The third-order valence-electron chi connectivity index (χ3n) is 4.77. The number of nitrogens with one attached hydrogen (secondary N) is 1. The lowest BCUT2D eigenvalue weighted by molar-refractivity contribution is 0.102. The number of furan rings is 1. The van der Waals surface area contributed by atoms with Crippen LogP contribution in [-0.2, 0) is 0 Å². The Morgan fingerprint density at radius 3 is 2.13 bits per heavy atom. The summed E-state index contributed by atoms with van der Waals surface area (Å²) in [5, 5.41) is 12.7. The monoisotopic (exact) mass is 408 g/mol. The highest BCUT2D eigenvalue weighted by Crippen LogP contribution is 2.41. The van der Waals surface area contributed by atoms with Crippen LogP contribution in [0.25, 0.3) is 22.5 Å². The highest BCUT2D eigenvalue weighted by atomic mass is 16.5. The first-order chi connectivity index (χ1) is 15.2. The molecule has 0 saturated carbocycles. The fourth-order valence-corrected chi connectivity index (χ4v) is 3.34. The summed E-state index contributed by atoms with van der Waals surface area (Å²) >= 11 is 0. The van der Waals surface area contributed by atoms with Gasteiger partial charge in [-0.2, -0.15) is 5.26 Å². The van der Waals surface area contributed by atoms with Gasteiger partial charge in [0.1, 0.15) is 23.1 Å². The molecule has 152 valence electrons. The van der Waals surface area contributed by atoms with Crippen LogP contribution in [0.15, 0.2) is 89.3 Å². The minimum absolute atomic E-state index is 0.124. The van der Waals surface area contributed by atoms with E-state index in [2.05, 4.69) is 11.4 Å². The van der Waals surface area contributed by atoms with E-state index in [0.29, 0.717) is 29.2 Å². The van der Waals surface area contributed by atoms with Crippen molar-refractivity contribution in [1.29, 1.82) is 5.26 Å². The fraction of sp³-hybridized carbons (Fsp3) is 0.0769. The zero-order valence-electron chi connectivity index (χ0n) is 17.0. The second kappa shape index (κ2) is 9.02. The molecule has 0 unspecified atom stereocenters. The molecule has 0 spiro atoms. The Balaban J connectivity index is 1.75. The summed E-state index contributed by atoms with van der Waals surface area (Å²) in [5.41, 5.74) is 3.02. The van der Waals surface area contributed by atoms with E-state index in [4.69, 9.17) is 9.15 Å². The van der Waals surface area contributed by atoms with Crippen molar-refractivity contribution in [3.63, 3.8) is 0 Å². The van der Waals surface area contributed by atoms with Crippen molar-refractivity contribution in [2.24, 2.45) is 0 Å². The molecule has 0 aliphatic carbocycles. The van der Waals surface area contributed by atoms with Crippen molar-refractivity contribution in [3.8, 4) is 34.3 Å². The van der Waals surface area contributed by atoms with E-state index in [9.17, 15) is 10.1 Å². The molecule has 0 aliphatic rings. The van der Waals surface area contributed by atoms with Crippen molar-refractivity contribution < 1.29 is 13.9 Å². The van der Waals surface area contributed by atoms with Gasteiger partial charge in [0.25, 0.3) is 5.91 Å². The number of hydrogen-bond acceptors (Lipinski definition) is 4. The van der Waals surface area contributed by atoms with Gasteiger partial charge in [0.05, 0.1) is 6.61 Å². The average molecular weight is 408 g/mol. The molecule has 0 saturated heterocycles. The minimum Gasteiger partial charge on any atom is -0.494 e. The standard InChI is InChI=1S/C26H20N2O3/c1-2-30-21-15-13-20(14-16-21)25(29)28-26-22(17-27)23(18-9-5-3-6-10-18)24(31-26)19-11-7-4-8-12-19/h3-16H,2H2,1H3,(H,28,29). The highest BCUT2D eigenvalue weighted by Gasteiger charge is 2.24. The maximum absolute atomic E-state index is 12.8. The van der Waals surface area contributed by atoms with E-state index in [0.717, 1.165) is 11.1 Å². The maximum Gasteiger partial charge on any atom is 0.258 e. The number of rotatable bonds is 6. The quantitative estimate of drug-likeness (QED) is 0.416. The number of ether oxygens (including phenoxy) is 1. The number of nitriles is 1. The molecule has 0 atom stereocenters. The molecule has 1 N–H and O–H groups in total. The van der Waals surface area contributed by atoms with Gasteiger partial charge in [-0.3, -0.25) is 10.1 Å². The van der Waals surface area contributed by atoms with Gasteiger partial charge in [0, 0.05) is 16.7 Å². The Morgan fingerprint density at radius 2 is 1.55 bits per heavy atom. The van der Waals surface area contributed by atoms with Crippen molar-refractivity contribution in [2.75, 3.05) is 11.9 Å². The lowest BCUT2D eigenvalue weighted by atomic mass is 9.98. The smallest absolute Gasteiger partial charge is 0.258 e. The number of hydrogen-bond donors (Lipinski definition) is 1. The average Bonchev–Trinajstić information content (AvgIpc) is 3.19. The molecule has 0 bridgehead atoms. The van der Waals surface area contributed by atoms with Crippen LogP contribution < -0.4 is 10.1 Å². The molecule has 1 amide bonds. The number of benzene rings is 3. The molecule has 4 rings (SSSR count). The lowest BCUT2D eigenvalue weighted by Crippen LogP contribution is -2.12. The van der Waals surface area contributed by atoms with Gasteiger partial charge in [-0.25, -0.2) is 0 Å². The molecule has 5 heteroatoms. The predicted octanol–water partition coefficient (Wildman–Crippen LogP) is 6.14. The number of carbonyl (C=O) groups excluding carboxylic acids is 1. The lowest BCUT2D eigenvalue weighted by Gasteiger charge is -2.05. The Morgan fingerprint density at radius 1 is 0.935 bits per heavy atom. The Bertz CT molecular complexity index is 1220. The first-order valence-corrected chi connectivity index (χ1v) is 9.93. The SMILES string of the molecule is CCOc1ccc(C(=O)Nc2oc(-c3ccccc3)c(-c3ccccc3)c2C#N)cc1. The van der Waals surface area contributed by atoms with Gasteiger partial charge in [0.2, 0.25) is 5.88 Å². The summed E-state index contributed by atoms with van der Waals surface area (Å²) in [6.07, 6.45) is 0. The van der Waals surface area contributed by atoms with Crippen LogP contribution in [0.5, 0.6) is 5.75 Å². The topological polar surface area (TPSA) is 75.3 Å². The summed E-state index contributed by atoms with van der Waals surface area (Å²) in [6.45, 7) is 2.45. The van der Waals surface area contributed by atoms with Crippen LogP contribution >= 0.6 is 0 Å². The van der Waals surface area contributed by atoms with Crippen molar-refractivity contribution in [3.05, 3.63) is 96.1 Å². The van der Waals surface area contributed by atoms with Crippen LogP contribution in [0.4, 0.5) is 5.88 Å². The van der Waals surface area contributed by atoms with Gasteiger partial charge in [0.15, 0.2) is 0 Å². The highest BCUT2D eigenvalue weighted by molar-refractivity contribution is 6.05. The minimum atomic E-state index is -0.368. The number of carbonyl (C=O) groups is 1. The van der Waals surface area contributed by atoms with Gasteiger partial charge in [-0.05, 0) is 36.8 Å². The first-order valence-electron chi connectivity index (χ1n) is 9.93. The Hall–Kier alpha value is -4.30. The number of amides is 1. The van der Waals surface area contributed by atoms with Crippen LogP contribution in [-0.4, -0.2) is 12.5 Å². The normalized spacial score (nSPS) is 10.3. The van der Waals surface area contributed by atoms with E-state index < -0.39 is 0 Å². The summed E-state index contributed by atoms with van der Waals surface area (Å²) in [6, 6.07) is 28.1. The molecule has 0 aliphatic heterocycles. The molecule has 4 aromatic rings. The largest absolute Gasteiger partial charge is 0.494 e. The van der Waals surface area contributed by atoms with Crippen molar-refractivity contribution in [2.45, 2.75) is 6.92 Å². The molecule has 0 fully saturated rings. The molecule has 1 heterocycles. The van der Waals surface area contributed by atoms with Crippen molar-refractivity contribution >= 4 is 11.8 Å².